The van der Waals surface area contributed by atoms with Gasteiger partial charge in [0.05, 0.1) is 12.7 Å². The summed E-state index contributed by atoms with van der Waals surface area (Å²) in [4.78, 5) is 26.5. The van der Waals surface area contributed by atoms with E-state index in [1.165, 1.54) is 135 Å². The summed E-state index contributed by atoms with van der Waals surface area (Å²) in [6, 6.07) is 0. The van der Waals surface area contributed by atoms with Crippen LogP contribution in [-0.4, -0.2) is 80.8 Å². The first kappa shape index (κ1) is 54.8. The van der Waals surface area contributed by atoms with Crippen LogP contribution in [0.4, 0.5) is 0 Å². The Morgan fingerprint density at radius 2 is 0.964 bits per heavy atom. The van der Waals surface area contributed by atoms with E-state index < -0.39 is 6.29 Å². The molecular weight excluding hydrogens is 701 g/mol. The minimum absolute atomic E-state index is 0.0319. The number of unbranched alkanes of at least 4 members (excludes halogenated alkanes) is 24. The highest BCUT2D eigenvalue weighted by molar-refractivity contribution is 5.77. The number of ether oxygens (including phenoxy) is 3. The molecule has 0 radical (unpaired) electrons. The normalized spacial score (nSPS) is 12.2. The first-order valence-corrected chi connectivity index (χ1v) is 24.4. The van der Waals surface area contributed by atoms with E-state index in [9.17, 15) is 14.7 Å². The highest BCUT2D eigenvalue weighted by Crippen LogP contribution is 2.20. The van der Waals surface area contributed by atoms with Crippen LogP contribution < -0.4 is 5.32 Å². The molecule has 0 spiro atoms. The molecule has 56 heavy (non-hydrogen) atoms. The van der Waals surface area contributed by atoms with Gasteiger partial charge in [-0.2, -0.15) is 0 Å². The third-order valence-electron chi connectivity index (χ3n) is 11.1. The molecule has 0 aromatic carbocycles. The van der Waals surface area contributed by atoms with Crippen molar-refractivity contribution in [3.05, 3.63) is 0 Å². The van der Waals surface area contributed by atoms with E-state index in [0.29, 0.717) is 19.6 Å². The molecule has 0 aliphatic heterocycles. The maximum absolute atomic E-state index is 12.1. The standard InChI is InChI=1S/C48H96N2O6/c1-5-8-11-14-17-26-33-43-55-47(52)37-29-22-18-24-31-40-50(42-34-39-49-46(51)44-54-4)41-32-25-19-23-30-38-48(53)56-45(35-27-20-15-12-9-6-2)36-28-21-16-13-10-7-3/h45,48,53H,5-44H2,1-4H3,(H,49,51). The fourth-order valence-corrected chi connectivity index (χ4v) is 7.56. The molecule has 0 saturated heterocycles. The van der Waals surface area contributed by atoms with Gasteiger partial charge in [-0.3, -0.25) is 9.59 Å². The average molecular weight is 797 g/mol. The number of methoxy groups -OCH3 is 1. The first-order chi connectivity index (χ1) is 27.5. The summed E-state index contributed by atoms with van der Waals surface area (Å²) in [5.41, 5.74) is 0. The van der Waals surface area contributed by atoms with Crippen LogP contribution in [0.2, 0.25) is 0 Å². The van der Waals surface area contributed by atoms with E-state index in [0.717, 1.165) is 96.7 Å². The number of nitrogens with one attached hydrogen (secondary N) is 1. The third kappa shape index (κ3) is 41.0. The topological polar surface area (TPSA) is 97.3 Å². The van der Waals surface area contributed by atoms with Gasteiger partial charge in [0.25, 0.3) is 0 Å². The summed E-state index contributed by atoms with van der Waals surface area (Å²) in [6.07, 6.45) is 39.4. The molecule has 0 fully saturated rings. The van der Waals surface area contributed by atoms with Gasteiger partial charge in [0.2, 0.25) is 5.91 Å². The highest BCUT2D eigenvalue weighted by atomic mass is 16.6. The molecule has 2 N–H and O–H groups in total. The zero-order valence-electron chi connectivity index (χ0n) is 37.9. The van der Waals surface area contributed by atoms with Crippen molar-refractivity contribution in [1.29, 1.82) is 0 Å². The molecule has 0 aliphatic carbocycles. The Bertz CT molecular complexity index is 799. The van der Waals surface area contributed by atoms with Crippen molar-refractivity contribution in [3.63, 3.8) is 0 Å². The second kappa shape index (κ2) is 44.9. The first-order valence-electron chi connectivity index (χ1n) is 24.4. The van der Waals surface area contributed by atoms with Gasteiger partial charge in [-0.25, -0.2) is 0 Å². The van der Waals surface area contributed by atoms with Crippen LogP contribution >= 0.6 is 0 Å². The van der Waals surface area contributed by atoms with Gasteiger partial charge in [0.15, 0.2) is 6.29 Å². The molecule has 1 amide bonds. The van der Waals surface area contributed by atoms with E-state index in [2.05, 4.69) is 31.0 Å². The van der Waals surface area contributed by atoms with E-state index in [-0.39, 0.29) is 24.6 Å². The van der Waals surface area contributed by atoms with Crippen molar-refractivity contribution in [2.45, 2.75) is 251 Å². The van der Waals surface area contributed by atoms with Crippen molar-refractivity contribution >= 4 is 11.9 Å². The maximum atomic E-state index is 12.1. The molecule has 0 heterocycles. The van der Waals surface area contributed by atoms with Gasteiger partial charge in [-0.15, -0.1) is 0 Å². The number of hydrogen-bond donors (Lipinski definition) is 2. The summed E-state index contributed by atoms with van der Waals surface area (Å²) >= 11 is 0. The summed E-state index contributed by atoms with van der Waals surface area (Å²) in [7, 11) is 1.55. The molecule has 0 aromatic rings. The van der Waals surface area contributed by atoms with Crippen molar-refractivity contribution in [2.24, 2.45) is 0 Å². The van der Waals surface area contributed by atoms with Crippen LogP contribution in [0.25, 0.3) is 0 Å². The second-order valence-electron chi connectivity index (χ2n) is 16.7. The number of hydrogen-bond acceptors (Lipinski definition) is 7. The number of carbonyl (C=O) groups is 2. The van der Waals surface area contributed by atoms with Crippen molar-refractivity contribution in [3.8, 4) is 0 Å². The summed E-state index contributed by atoms with van der Waals surface area (Å²) in [5, 5.41) is 13.7. The smallest absolute Gasteiger partial charge is 0.305 e. The minimum Gasteiger partial charge on any atom is -0.466 e. The summed E-state index contributed by atoms with van der Waals surface area (Å²) in [5.74, 6) is -0.0853. The van der Waals surface area contributed by atoms with Gasteiger partial charge in [-0.1, -0.05) is 175 Å². The molecular formula is C48H96N2O6. The highest BCUT2D eigenvalue weighted by Gasteiger charge is 2.15. The Labute approximate surface area is 348 Å². The van der Waals surface area contributed by atoms with E-state index >= 15 is 0 Å². The van der Waals surface area contributed by atoms with Crippen molar-refractivity contribution in [2.75, 3.05) is 46.5 Å². The van der Waals surface area contributed by atoms with E-state index in [1.54, 1.807) is 7.11 Å². The second-order valence-corrected chi connectivity index (χ2v) is 16.7. The van der Waals surface area contributed by atoms with Crippen LogP contribution in [0, 0.1) is 0 Å². The number of esters is 1. The SMILES string of the molecule is CCCCCCCCCOC(=O)CCCCCCCN(CCCCCCCC(O)OC(CCCCCCCC)CCCCCCCC)CCCNC(=O)COC. The number of rotatable bonds is 46. The van der Waals surface area contributed by atoms with Crippen LogP contribution in [-0.2, 0) is 23.8 Å². The zero-order chi connectivity index (χ0) is 41.0. The molecule has 0 aromatic heterocycles. The molecule has 1 unspecified atom stereocenters. The molecule has 1 atom stereocenters. The average Bonchev–Trinajstić information content (AvgIpc) is 3.18. The Morgan fingerprint density at radius 1 is 0.536 bits per heavy atom. The quantitative estimate of drug-likeness (QED) is 0.0360. The number of aliphatic hydroxyl groups excluding tert-OH is 1. The maximum Gasteiger partial charge on any atom is 0.305 e. The molecule has 0 bridgehead atoms. The lowest BCUT2D eigenvalue weighted by molar-refractivity contribution is -0.144. The minimum atomic E-state index is -0.631. The molecule has 334 valence electrons. The summed E-state index contributed by atoms with van der Waals surface area (Å²) in [6.45, 7) is 11.3. The molecule has 0 rings (SSSR count). The van der Waals surface area contributed by atoms with Crippen molar-refractivity contribution < 1.29 is 28.9 Å². The largest absolute Gasteiger partial charge is 0.466 e. The lowest BCUT2D eigenvalue weighted by Gasteiger charge is -2.23. The zero-order valence-corrected chi connectivity index (χ0v) is 37.9. The lowest BCUT2D eigenvalue weighted by Crippen LogP contribution is -2.32. The van der Waals surface area contributed by atoms with Gasteiger partial charge < -0.3 is 29.5 Å². The van der Waals surface area contributed by atoms with E-state index in [4.69, 9.17) is 14.2 Å². The molecule has 0 aliphatic rings. The fraction of sp³-hybridized carbons (Fsp3) is 0.958. The van der Waals surface area contributed by atoms with Gasteiger partial charge in [-0.05, 0) is 77.4 Å². The predicted octanol–water partition coefficient (Wildman–Crippen LogP) is 12.6. The Kier molecular flexibility index (Phi) is 43.9. The van der Waals surface area contributed by atoms with Crippen LogP contribution in [0.5, 0.6) is 0 Å². The number of carbonyl (C=O) groups excluding carboxylic acids is 2. The Morgan fingerprint density at radius 3 is 1.48 bits per heavy atom. The van der Waals surface area contributed by atoms with Crippen LogP contribution in [0.3, 0.4) is 0 Å². The Balaban J connectivity index is 4.33. The molecule has 8 nitrogen and oxygen atoms in total. The van der Waals surface area contributed by atoms with Gasteiger partial charge in [0, 0.05) is 20.1 Å². The fourth-order valence-electron chi connectivity index (χ4n) is 7.56. The van der Waals surface area contributed by atoms with Crippen LogP contribution in [0.15, 0.2) is 0 Å². The molecule has 8 heteroatoms. The lowest BCUT2D eigenvalue weighted by atomic mass is 10.0. The Hall–Kier alpha value is -1.22. The predicted molar refractivity (Wildman–Crippen MR) is 237 cm³/mol. The van der Waals surface area contributed by atoms with Crippen molar-refractivity contribution in [1.82, 2.24) is 10.2 Å². The number of aliphatic hydroxyl groups is 1. The number of nitrogens with zero attached hydrogens (tertiary/aromatic N) is 1. The van der Waals surface area contributed by atoms with Crippen LogP contribution in [0.1, 0.15) is 239 Å². The number of amides is 1. The monoisotopic (exact) mass is 797 g/mol. The summed E-state index contributed by atoms with van der Waals surface area (Å²) < 4.78 is 16.6. The van der Waals surface area contributed by atoms with E-state index in [1.807, 2.05) is 0 Å². The van der Waals surface area contributed by atoms with Gasteiger partial charge in [0.1, 0.15) is 6.61 Å². The van der Waals surface area contributed by atoms with Gasteiger partial charge >= 0.3 is 5.97 Å². The molecule has 0 saturated carbocycles. The third-order valence-corrected chi connectivity index (χ3v) is 11.1.